The van der Waals surface area contributed by atoms with Gasteiger partial charge in [0.2, 0.25) is 0 Å². The summed E-state index contributed by atoms with van der Waals surface area (Å²) in [5.41, 5.74) is 1.68. The van der Waals surface area contributed by atoms with Gasteiger partial charge in [0.05, 0.1) is 19.9 Å². The van der Waals surface area contributed by atoms with Gasteiger partial charge in [-0.05, 0) is 32.0 Å². The Labute approximate surface area is 176 Å². The monoisotopic (exact) mass is 433 g/mol. The van der Waals surface area contributed by atoms with E-state index in [0.717, 1.165) is 35.9 Å². The first-order chi connectivity index (χ1) is 12.0. The lowest BCUT2D eigenvalue weighted by Gasteiger charge is -2.31. The third-order valence-electron chi connectivity index (χ3n) is 4.28. The number of halogens is 2. The number of thiazole rings is 1. The Balaban J connectivity index is 0.00000182. The van der Waals surface area contributed by atoms with E-state index in [-0.39, 0.29) is 30.7 Å². The average molecular weight is 434 g/mol. The Kier molecular flexibility index (Phi) is 8.81. The third kappa shape index (κ3) is 5.04. The molecule has 1 saturated heterocycles. The largest absolute Gasteiger partial charge is 0.493 e. The van der Waals surface area contributed by atoms with Crippen LogP contribution in [0.3, 0.4) is 0 Å². The van der Waals surface area contributed by atoms with Crippen molar-refractivity contribution < 1.29 is 14.3 Å². The first kappa shape index (κ1) is 23.5. The van der Waals surface area contributed by atoms with E-state index >= 15 is 0 Å². The zero-order valence-electron chi connectivity index (χ0n) is 15.8. The molecule has 6 nitrogen and oxygen atoms in total. The Morgan fingerprint density at radius 2 is 1.96 bits per heavy atom. The highest BCUT2D eigenvalue weighted by molar-refractivity contribution is 7.17. The molecule has 0 spiro atoms. The van der Waals surface area contributed by atoms with Crippen LogP contribution in [0.1, 0.15) is 22.3 Å². The normalized spacial score (nSPS) is 16.1. The molecular weight excluding hydrogens is 409 g/mol. The summed E-state index contributed by atoms with van der Waals surface area (Å²) in [4.78, 5) is 20.1. The lowest BCUT2D eigenvalue weighted by molar-refractivity contribution is 0.0713. The van der Waals surface area contributed by atoms with Crippen molar-refractivity contribution >= 4 is 42.1 Å². The molecule has 9 heteroatoms. The van der Waals surface area contributed by atoms with Gasteiger partial charge in [-0.3, -0.25) is 4.79 Å². The van der Waals surface area contributed by atoms with Crippen LogP contribution in [-0.2, 0) is 0 Å². The molecule has 2 heterocycles. The van der Waals surface area contributed by atoms with Crippen LogP contribution in [-0.4, -0.2) is 55.7 Å². The predicted molar refractivity (Wildman–Crippen MR) is 113 cm³/mol. The molecule has 1 amide bonds. The number of nitrogens with one attached hydrogen (secondary N) is 1. The number of carbonyl (C=O) groups is 1. The van der Waals surface area contributed by atoms with Crippen LogP contribution < -0.4 is 14.8 Å². The zero-order chi connectivity index (χ0) is 18.0. The van der Waals surface area contributed by atoms with E-state index in [4.69, 9.17) is 9.47 Å². The van der Waals surface area contributed by atoms with E-state index in [1.807, 2.05) is 30.0 Å². The van der Waals surface area contributed by atoms with Crippen molar-refractivity contribution in [3.63, 3.8) is 0 Å². The molecule has 1 unspecified atom stereocenters. The summed E-state index contributed by atoms with van der Waals surface area (Å²) in [6.45, 7) is 6.26. The molecule has 1 N–H and O–H groups in total. The Bertz CT molecular complexity index is 785. The fraction of sp³-hybridized carbons (Fsp3) is 0.444. The topological polar surface area (TPSA) is 63.7 Å². The van der Waals surface area contributed by atoms with E-state index in [1.165, 1.54) is 11.3 Å². The molecular formula is C18H25Cl2N3O3S. The molecule has 1 atom stereocenters. The van der Waals surface area contributed by atoms with Crippen molar-refractivity contribution in [3.05, 3.63) is 28.8 Å². The molecule has 1 fully saturated rings. The number of methoxy groups -OCH3 is 2. The summed E-state index contributed by atoms with van der Waals surface area (Å²) in [5.74, 6) is 1.39. The van der Waals surface area contributed by atoms with Crippen LogP contribution >= 0.6 is 36.2 Å². The molecule has 1 aliphatic rings. The molecule has 27 heavy (non-hydrogen) atoms. The highest BCUT2D eigenvalue weighted by Crippen LogP contribution is 2.35. The number of aryl methyl sites for hydroxylation is 1. The van der Waals surface area contributed by atoms with E-state index in [2.05, 4.69) is 17.2 Å². The van der Waals surface area contributed by atoms with Crippen LogP contribution in [0.25, 0.3) is 10.6 Å². The highest BCUT2D eigenvalue weighted by atomic mass is 35.5. The molecule has 0 bridgehead atoms. The van der Waals surface area contributed by atoms with Gasteiger partial charge in [0.15, 0.2) is 11.5 Å². The summed E-state index contributed by atoms with van der Waals surface area (Å²) in [6, 6.07) is 5.99. The number of piperazine rings is 1. The molecule has 150 valence electrons. The maximum Gasteiger partial charge on any atom is 0.265 e. The van der Waals surface area contributed by atoms with Gasteiger partial charge in [-0.1, -0.05) is 0 Å². The van der Waals surface area contributed by atoms with Crippen molar-refractivity contribution in [1.29, 1.82) is 0 Å². The standard InChI is InChI=1S/C18H23N3O3S.2ClH/c1-11-10-21(8-7-19-11)18(22)16-12(2)20-17(25-16)13-5-6-14(23-3)15(9-13)24-4;;/h5-6,9,11,19H,7-8,10H2,1-4H3;2*1H. The van der Waals surface area contributed by atoms with Gasteiger partial charge >= 0.3 is 0 Å². The number of amides is 1. The van der Waals surface area contributed by atoms with E-state index in [1.54, 1.807) is 14.2 Å². The second kappa shape index (κ2) is 10.1. The molecule has 1 aromatic heterocycles. The first-order valence-corrected chi connectivity index (χ1v) is 9.07. The third-order valence-corrected chi connectivity index (χ3v) is 5.47. The fourth-order valence-electron chi connectivity index (χ4n) is 2.95. The molecule has 0 radical (unpaired) electrons. The van der Waals surface area contributed by atoms with E-state index in [9.17, 15) is 4.79 Å². The van der Waals surface area contributed by atoms with Crippen molar-refractivity contribution in [3.8, 4) is 22.1 Å². The SMILES string of the molecule is COc1ccc(-c2nc(C)c(C(=O)N3CCNC(C)C3)s2)cc1OC.Cl.Cl. The van der Waals surface area contributed by atoms with Crippen LogP contribution in [0.15, 0.2) is 18.2 Å². The predicted octanol–water partition coefficient (Wildman–Crippen LogP) is 3.41. The maximum absolute atomic E-state index is 12.9. The molecule has 2 aromatic rings. The smallest absolute Gasteiger partial charge is 0.265 e. The lowest BCUT2D eigenvalue weighted by atomic mass is 10.2. The van der Waals surface area contributed by atoms with E-state index in [0.29, 0.717) is 22.4 Å². The molecule has 1 aliphatic heterocycles. The van der Waals surface area contributed by atoms with Crippen LogP contribution in [0.4, 0.5) is 0 Å². The van der Waals surface area contributed by atoms with Crippen molar-refractivity contribution in [2.45, 2.75) is 19.9 Å². The summed E-state index contributed by atoms with van der Waals surface area (Å²) < 4.78 is 10.6. The van der Waals surface area contributed by atoms with Gasteiger partial charge in [-0.2, -0.15) is 0 Å². The second-order valence-electron chi connectivity index (χ2n) is 6.11. The minimum atomic E-state index is 0. The lowest BCUT2D eigenvalue weighted by Crippen LogP contribution is -2.51. The van der Waals surface area contributed by atoms with Gasteiger partial charge in [0, 0.05) is 31.2 Å². The van der Waals surface area contributed by atoms with Crippen molar-refractivity contribution in [2.24, 2.45) is 0 Å². The number of nitrogens with zero attached hydrogens (tertiary/aromatic N) is 2. The van der Waals surface area contributed by atoms with Crippen LogP contribution in [0, 0.1) is 6.92 Å². The average Bonchev–Trinajstić information content (AvgIpc) is 3.02. The van der Waals surface area contributed by atoms with Gasteiger partial charge in [-0.15, -0.1) is 36.2 Å². The summed E-state index contributed by atoms with van der Waals surface area (Å²) in [6.07, 6.45) is 0. The number of carbonyl (C=O) groups excluding carboxylic acids is 1. The Morgan fingerprint density at radius 3 is 2.59 bits per heavy atom. The van der Waals surface area contributed by atoms with Gasteiger partial charge in [-0.25, -0.2) is 4.98 Å². The fourth-order valence-corrected chi connectivity index (χ4v) is 3.98. The van der Waals surface area contributed by atoms with Gasteiger partial charge in [0.25, 0.3) is 5.91 Å². The van der Waals surface area contributed by atoms with Gasteiger partial charge in [0.1, 0.15) is 9.88 Å². The molecule has 0 aliphatic carbocycles. The van der Waals surface area contributed by atoms with Crippen LogP contribution in [0.5, 0.6) is 11.5 Å². The zero-order valence-corrected chi connectivity index (χ0v) is 18.2. The molecule has 3 rings (SSSR count). The van der Waals surface area contributed by atoms with Crippen molar-refractivity contribution in [2.75, 3.05) is 33.9 Å². The Hall–Kier alpha value is -1.54. The summed E-state index contributed by atoms with van der Waals surface area (Å²) >= 11 is 1.43. The number of ether oxygens (including phenoxy) is 2. The minimum absolute atomic E-state index is 0. The Morgan fingerprint density at radius 1 is 1.26 bits per heavy atom. The number of hydrogen-bond acceptors (Lipinski definition) is 6. The molecule has 1 aromatic carbocycles. The molecule has 0 saturated carbocycles. The summed E-state index contributed by atoms with van der Waals surface area (Å²) in [5, 5.41) is 4.17. The maximum atomic E-state index is 12.9. The van der Waals surface area contributed by atoms with Crippen molar-refractivity contribution in [1.82, 2.24) is 15.2 Å². The van der Waals surface area contributed by atoms with Crippen LogP contribution in [0.2, 0.25) is 0 Å². The number of benzene rings is 1. The second-order valence-corrected chi connectivity index (χ2v) is 7.11. The minimum Gasteiger partial charge on any atom is -0.493 e. The van der Waals surface area contributed by atoms with Gasteiger partial charge < -0.3 is 19.7 Å². The first-order valence-electron chi connectivity index (χ1n) is 8.26. The number of hydrogen-bond donors (Lipinski definition) is 1. The number of rotatable bonds is 4. The summed E-state index contributed by atoms with van der Waals surface area (Å²) in [7, 11) is 3.21. The quantitative estimate of drug-likeness (QED) is 0.799. The highest BCUT2D eigenvalue weighted by Gasteiger charge is 2.25. The van der Waals surface area contributed by atoms with E-state index < -0.39 is 0 Å². The number of aromatic nitrogens is 1.